The van der Waals surface area contributed by atoms with Crippen LogP contribution in [0.1, 0.15) is 24.5 Å². The Morgan fingerprint density at radius 3 is 2.85 bits per heavy atom. The lowest BCUT2D eigenvalue weighted by molar-refractivity contribution is -0.116. The zero-order valence-electron chi connectivity index (χ0n) is 15.0. The maximum absolute atomic E-state index is 13.0. The molecule has 0 spiro atoms. The molecule has 0 fully saturated rings. The number of fused-ring (bicyclic) bond motifs is 3. The fourth-order valence-corrected chi connectivity index (χ4v) is 3.45. The topological polar surface area (TPSA) is 57.4 Å². The Labute approximate surface area is 163 Å². The van der Waals surface area contributed by atoms with Gasteiger partial charge >= 0.3 is 0 Å². The predicted octanol–water partition coefficient (Wildman–Crippen LogP) is 3.79. The van der Waals surface area contributed by atoms with Crippen LogP contribution in [0, 0.1) is 0 Å². The van der Waals surface area contributed by atoms with Gasteiger partial charge in [-0.2, -0.15) is 0 Å². The molecular weight excluding hydrogens is 360 g/mol. The highest BCUT2D eigenvalue weighted by atomic mass is 35.5. The molecule has 4 rings (SSSR count). The molecule has 27 heavy (non-hydrogen) atoms. The summed E-state index contributed by atoms with van der Waals surface area (Å²) < 4.78 is 0. The second kappa shape index (κ2) is 7.45. The van der Waals surface area contributed by atoms with Gasteiger partial charge in [0.05, 0.1) is 17.9 Å². The number of carbonyl (C=O) groups excluding carboxylic acids is 1. The van der Waals surface area contributed by atoms with E-state index >= 15 is 0 Å². The molecule has 1 atom stereocenters. The SMILES string of the molecule is CCCN=CC1N=C2CN=C(c3ccccc3)c3cc(Cl)ccc3N2C1=O. The molecule has 136 valence electrons. The van der Waals surface area contributed by atoms with Crippen LogP contribution in [0.25, 0.3) is 0 Å². The quantitative estimate of drug-likeness (QED) is 0.747. The summed E-state index contributed by atoms with van der Waals surface area (Å²) in [5, 5.41) is 0.602. The molecular formula is C21H19ClN4O. The Balaban J connectivity index is 1.81. The molecule has 2 aliphatic rings. The fraction of sp³-hybridized carbons (Fsp3) is 0.238. The van der Waals surface area contributed by atoms with E-state index in [-0.39, 0.29) is 5.91 Å². The van der Waals surface area contributed by atoms with E-state index < -0.39 is 6.04 Å². The lowest BCUT2D eigenvalue weighted by Crippen LogP contribution is -2.36. The number of anilines is 1. The number of nitrogens with zero attached hydrogens (tertiary/aromatic N) is 4. The number of rotatable bonds is 4. The van der Waals surface area contributed by atoms with Crippen molar-refractivity contribution in [1.29, 1.82) is 0 Å². The van der Waals surface area contributed by atoms with E-state index in [1.165, 1.54) is 0 Å². The number of amidine groups is 1. The van der Waals surface area contributed by atoms with Crippen molar-refractivity contribution in [3.8, 4) is 0 Å². The van der Waals surface area contributed by atoms with Crippen LogP contribution in [0.15, 0.2) is 63.5 Å². The van der Waals surface area contributed by atoms with Crippen molar-refractivity contribution in [2.45, 2.75) is 19.4 Å². The smallest absolute Gasteiger partial charge is 0.262 e. The first-order valence-electron chi connectivity index (χ1n) is 8.99. The average molecular weight is 379 g/mol. The van der Waals surface area contributed by atoms with Crippen LogP contribution in [0.3, 0.4) is 0 Å². The normalized spacial score (nSPS) is 18.8. The van der Waals surface area contributed by atoms with Crippen LogP contribution < -0.4 is 4.90 Å². The summed E-state index contributed by atoms with van der Waals surface area (Å²) in [6.07, 6.45) is 2.58. The lowest BCUT2D eigenvalue weighted by atomic mass is 10.00. The van der Waals surface area contributed by atoms with E-state index in [9.17, 15) is 4.79 Å². The van der Waals surface area contributed by atoms with Crippen LogP contribution in [0.2, 0.25) is 5.02 Å². The highest BCUT2D eigenvalue weighted by Crippen LogP contribution is 2.32. The number of aliphatic imine (C=N–C) groups is 3. The zero-order chi connectivity index (χ0) is 18.8. The second-order valence-corrected chi connectivity index (χ2v) is 6.85. The third kappa shape index (κ3) is 3.30. The first-order valence-corrected chi connectivity index (χ1v) is 9.37. The van der Waals surface area contributed by atoms with Gasteiger partial charge in [0.2, 0.25) is 0 Å². The molecule has 1 amide bonds. The molecule has 0 bridgehead atoms. The Hall–Kier alpha value is -2.79. The molecule has 1 unspecified atom stereocenters. The Morgan fingerprint density at radius 2 is 2.07 bits per heavy atom. The molecule has 2 aliphatic heterocycles. The Morgan fingerprint density at radius 1 is 1.26 bits per heavy atom. The average Bonchev–Trinajstić information content (AvgIpc) is 2.90. The molecule has 5 nitrogen and oxygen atoms in total. The van der Waals surface area contributed by atoms with Gasteiger partial charge in [-0.25, -0.2) is 0 Å². The largest absolute Gasteiger partial charge is 0.295 e. The minimum atomic E-state index is -0.580. The van der Waals surface area contributed by atoms with E-state index in [0.717, 1.165) is 28.9 Å². The third-order valence-corrected chi connectivity index (χ3v) is 4.73. The summed E-state index contributed by atoms with van der Waals surface area (Å²) in [4.78, 5) is 28.3. The summed E-state index contributed by atoms with van der Waals surface area (Å²) in [5.74, 6) is 0.542. The fourth-order valence-electron chi connectivity index (χ4n) is 3.27. The third-order valence-electron chi connectivity index (χ3n) is 4.50. The van der Waals surface area contributed by atoms with Gasteiger partial charge in [0.15, 0.2) is 6.04 Å². The molecule has 0 aromatic heterocycles. The summed E-state index contributed by atoms with van der Waals surface area (Å²) in [5.41, 5.74) is 3.39. The van der Waals surface area contributed by atoms with Crippen molar-refractivity contribution in [3.63, 3.8) is 0 Å². The zero-order valence-corrected chi connectivity index (χ0v) is 15.7. The summed E-state index contributed by atoms with van der Waals surface area (Å²) in [6.45, 7) is 3.07. The van der Waals surface area contributed by atoms with Crippen molar-refractivity contribution in [2.24, 2.45) is 15.0 Å². The molecule has 0 aliphatic carbocycles. The van der Waals surface area contributed by atoms with Crippen molar-refractivity contribution < 1.29 is 4.79 Å². The Bertz CT molecular complexity index is 965. The van der Waals surface area contributed by atoms with Gasteiger partial charge in [-0.1, -0.05) is 48.9 Å². The van der Waals surface area contributed by atoms with Crippen LogP contribution in [-0.2, 0) is 4.79 Å². The highest BCUT2D eigenvalue weighted by molar-refractivity contribution is 6.34. The van der Waals surface area contributed by atoms with Crippen molar-refractivity contribution in [1.82, 2.24) is 0 Å². The maximum Gasteiger partial charge on any atom is 0.262 e. The lowest BCUT2D eigenvalue weighted by Gasteiger charge is -2.19. The monoisotopic (exact) mass is 378 g/mol. The molecule has 2 aromatic rings. The van der Waals surface area contributed by atoms with E-state index in [4.69, 9.17) is 16.6 Å². The molecule has 0 saturated carbocycles. The van der Waals surface area contributed by atoms with Crippen molar-refractivity contribution in [2.75, 3.05) is 18.0 Å². The molecule has 0 N–H and O–H groups in total. The van der Waals surface area contributed by atoms with Gasteiger partial charge in [-0.05, 0) is 24.6 Å². The molecule has 2 heterocycles. The minimum absolute atomic E-state index is 0.0991. The number of halogens is 1. The predicted molar refractivity (Wildman–Crippen MR) is 111 cm³/mol. The van der Waals surface area contributed by atoms with Gasteiger partial charge in [-0.3, -0.25) is 24.7 Å². The van der Waals surface area contributed by atoms with Crippen LogP contribution in [-0.4, -0.2) is 42.8 Å². The number of carbonyl (C=O) groups is 1. The van der Waals surface area contributed by atoms with Crippen LogP contribution in [0.4, 0.5) is 5.69 Å². The molecule has 2 aromatic carbocycles. The van der Waals surface area contributed by atoms with Crippen molar-refractivity contribution >= 4 is 41.0 Å². The van der Waals surface area contributed by atoms with Gasteiger partial charge in [-0.15, -0.1) is 0 Å². The van der Waals surface area contributed by atoms with E-state index in [1.54, 1.807) is 17.2 Å². The minimum Gasteiger partial charge on any atom is -0.295 e. The highest BCUT2D eigenvalue weighted by Gasteiger charge is 2.37. The number of hydrogen-bond donors (Lipinski definition) is 0. The standard InChI is InChI=1S/C21H19ClN4O/c1-2-10-23-12-17-21(27)26-18-9-8-15(22)11-16(18)20(24-13-19(26)25-17)14-6-4-3-5-7-14/h3-9,11-12,17H,2,10,13H2,1H3. The second-order valence-electron chi connectivity index (χ2n) is 6.41. The van der Waals surface area contributed by atoms with E-state index in [0.29, 0.717) is 23.9 Å². The summed E-state index contributed by atoms with van der Waals surface area (Å²) in [7, 11) is 0. The summed E-state index contributed by atoms with van der Waals surface area (Å²) >= 11 is 6.27. The van der Waals surface area contributed by atoms with Gasteiger partial charge < -0.3 is 0 Å². The van der Waals surface area contributed by atoms with Gasteiger partial charge in [0.25, 0.3) is 5.91 Å². The number of benzene rings is 2. The Kier molecular flexibility index (Phi) is 4.86. The van der Waals surface area contributed by atoms with E-state index in [2.05, 4.69) is 9.98 Å². The number of hydrogen-bond acceptors (Lipinski definition) is 4. The summed E-state index contributed by atoms with van der Waals surface area (Å²) in [6, 6.07) is 14.8. The first-order chi connectivity index (χ1) is 13.2. The van der Waals surface area contributed by atoms with E-state index in [1.807, 2.05) is 49.4 Å². The maximum atomic E-state index is 13.0. The molecule has 0 saturated heterocycles. The number of amides is 1. The van der Waals surface area contributed by atoms with Crippen LogP contribution >= 0.6 is 11.6 Å². The van der Waals surface area contributed by atoms with Crippen molar-refractivity contribution in [3.05, 3.63) is 64.7 Å². The molecule has 6 heteroatoms. The van der Waals surface area contributed by atoms with Gasteiger partial charge in [0.1, 0.15) is 5.84 Å². The van der Waals surface area contributed by atoms with Gasteiger partial charge in [0, 0.05) is 28.9 Å². The van der Waals surface area contributed by atoms with Crippen LogP contribution in [0.5, 0.6) is 0 Å². The first kappa shape index (κ1) is 17.6. The molecule has 0 radical (unpaired) electrons.